The van der Waals surface area contributed by atoms with Crippen LogP contribution in [0, 0.1) is 0 Å². The zero-order valence-electron chi connectivity index (χ0n) is 18.3. The molecule has 1 atom stereocenters. The molecule has 0 radical (unpaired) electrons. The molecular formula is C24H23N3O5S2. The molecule has 0 aliphatic rings. The Morgan fingerprint density at radius 3 is 2.53 bits per heavy atom. The third-order valence-electron chi connectivity index (χ3n) is 5.24. The van der Waals surface area contributed by atoms with Crippen molar-refractivity contribution in [2.24, 2.45) is 0 Å². The summed E-state index contributed by atoms with van der Waals surface area (Å²) in [6.07, 6.45) is 1.88. The van der Waals surface area contributed by atoms with Gasteiger partial charge >= 0.3 is 5.97 Å². The Balaban J connectivity index is 1.46. The van der Waals surface area contributed by atoms with Crippen LogP contribution in [0.5, 0.6) is 0 Å². The molecule has 2 aromatic carbocycles. The Kier molecular flexibility index (Phi) is 7.11. The molecule has 8 nitrogen and oxygen atoms in total. The van der Waals surface area contributed by atoms with Crippen LogP contribution in [0.3, 0.4) is 0 Å². The Hall–Kier alpha value is -3.47. The quantitative estimate of drug-likeness (QED) is 0.307. The topological polar surface area (TPSA) is 117 Å². The van der Waals surface area contributed by atoms with E-state index in [1.54, 1.807) is 36.5 Å². The van der Waals surface area contributed by atoms with Crippen LogP contribution in [0.4, 0.5) is 0 Å². The number of amides is 1. The third-order valence-corrected chi connectivity index (χ3v) is 8.29. The molecule has 10 heteroatoms. The van der Waals surface area contributed by atoms with Gasteiger partial charge in [0.15, 0.2) is 0 Å². The lowest BCUT2D eigenvalue weighted by Crippen LogP contribution is -2.42. The Morgan fingerprint density at radius 2 is 1.76 bits per heavy atom. The van der Waals surface area contributed by atoms with E-state index in [2.05, 4.69) is 15.0 Å². The molecule has 2 aromatic heterocycles. The van der Waals surface area contributed by atoms with Crippen LogP contribution in [0.25, 0.3) is 10.9 Å². The summed E-state index contributed by atoms with van der Waals surface area (Å²) in [5, 5.41) is 3.68. The molecule has 0 fully saturated rings. The number of methoxy groups -OCH3 is 1. The number of ether oxygens (including phenoxy) is 1. The first-order valence-electron chi connectivity index (χ1n) is 10.4. The van der Waals surface area contributed by atoms with Crippen LogP contribution < -0.4 is 10.0 Å². The summed E-state index contributed by atoms with van der Waals surface area (Å²) in [5.41, 5.74) is 2.21. The van der Waals surface area contributed by atoms with Crippen molar-refractivity contribution in [3.05, 3.63) is 88.9 Å². The molecule has 0 aliphatic carbocycles. The summed E-state index contributed by atoms with van der Waals surface area (Å²) in [4.78, 5) is 28.4. The molecule has 3 N–H and O–H groups in total. The van der Waals surface area contributed by atoms with E-state index in [0.29, 0.717) is 10.4 Å². The molecule has 0 saturated heterocycles. The Morgan fingerprint density at radius 1 is 1.03 bits per heavy atom. The number of hydrogen-bond donors (Lipinski definition) is 3. The van der Waals surface area contributed by atoms with Crippen molar-refractivity contribution < 1.29 is 22.7 Å². The highest BCUT2D eigenvalue weighted by molar-refractivity contribution is 7.91. The van der Waals surface area contributed by atoms with Gasteiger partial charge in [-0.1, -0.05) is 36.4 Å². The number of H-pyrrole nitrogens is 1. The first kappa shape index (κ1) is 23.7. The van der Waals surface area contributed by atoms with Gasteiger partial charge in [0.05, 0.1) is 13.7 Å². The van der Waals surface area contributed by atoms with Crippen molar-refractivity contribution in [2.75, 3.05) is 7.11 Å². The number of sulfonamides is 1. The number of para-hydroxylation sites is 1. The Bertz CT molecular complexity index is 1410. The maximum atomic E-state index is 13.0. The van der Waals surface area contributed by atoms with Gasteiger partial charge < -0.3 is 15.0 Å². The summed E-state index contributed by atoms with van der Waals surface area (Å²) in [7, 11) is -2.78. The number of carbonyl (C=O) groups excluding carboxylic acids is 2. The fourth-order valence-corrected chi connectivity index (χ4v) is 6.03. The summed E-state index contributed by atoms with van der Waals surface area (Å²) in [6.45, 7) is 0.184. The fourth-order valence-electron chi connectivity index (χ4n) is 3.54. The molecule has 34 heavy (non-hydrogen) atoms. The van der Waals surface area contributed by atoms with E-state index in [9.17, 15) is 18.0 Å². The van der Waals surface area contributed by atoms with E-state index in [4.69, 9.17) is 4.74 Å². The Labute approximate surface area is 201 Å². The number of benzene rings is 2. The summed E-state index contributed by atoms with van der Waals surface area (Å²) >= 11 is 1.03. The van der Waals surface area contributed by atoms with Gasteiger partial charge in [0, 0.05) is 34.0 Å². The number of fused-ring (bicyclic) bond motifs is 1. The van der Waals surface area contributed by atoms with Crippen LogP contribution in [-0.4, -0.2) is 38.4 Å². The molecule has 4 aromatic rings. The molecule has 1 unspecified atom stereocenters. The minimum Gasteiger partial charge on any atom is -0.468 e. The second-order valence-electron chi connectivity index (χ2n) is 7.53. The molecule has 0 saturated carbocycles. The van der Waals surface area contributed by atoms with E-state index < -0.39 is 22.0 Å². The normalized spacial score (nSPS) is 12.4. The molecule has 2 heterocycles. The molecule has 0 aliphatic heterocycles. The molecule has 176 valence electrons. The van der Waals surface area contributed by atoms with Crippen LogP contribution in [0.1, 0.15) is 20.8 Å². The van der Waals surface area contributed by atoms with Gasteiger partial charge in [0.2, 0.25) is 0 Å². The standard InChI is InChI=1S/C24H23N3O5S2/c1-32-24(29)21(13-17-14-25-20-10-6-5-9-19(17)20)27-34(30,31)22-12-11-18(33-22)15-26-23(28)16-7-3-2-4-8-16/h2-12,14,21,25,27H,13,15H2,1H3,(H,26,28). The summed E-state index contributed by atoms with van der Waals surface area (Å²) in [6, 6.07) is 18.3. The molecule has 0 bridgehead atoms. The van der Waals surface area contributed by atoms with Gasteiger partial charge in [-0.15, -0.1) is 11.3 Å². The number of aromatic amines is 1. The summed E-state index contributed by atoms with van der Waals surface area (Å²) in [5.74, 6) is -0.929. The van der Waals surface area contributed by atoms with E-state index >= 15 is 0 Å². The minimum absolute atomic E-state index is 0.0456. The first-order valence-corrected chi connectivity index (χ1v) is 12.7. The maximum Gasteiger partial charge on any atom is 0.324 e. The van der Waals surface area contributed by atoms with Crippen LogP contribution >= 0.6 is 11.3 Å². The van der Waals surface area contributed by atoms with Gasteiger partial charge in [0.25, 0.3) is 15.9 Å². The first-order chi connectivity index (χ1) is 16.4. The van der Waals surface area contributed by atoms with E-state index in [0.717, 1.165) is 27.8 Å². The second-order valence-corrected chi connectivity index (χ2v) is 10.6. The zero-order valence-corrected chi connectivity index (χ0v) is 19.9. The number of esters is 1. The van der Waals surface area contributed by atoms with Crippen molar-refractivity contribution in [2.45, 2.75) is 23.2 Å². The lowest BCUT2D eigenvalue weighted by atomic mass is 10.1. The maximum absolute atomic E-state index is 13.0. The molecule has 0 spiro atoms. The number of hydrogen-bond acceptors (Lipinski definition) is 6. The molecule has 1 amide bonds. The highest BCUT2D eigenvalue weighted by atomic mass is 32.2. The number of thiophene rings is 1. The lowest BCUT2D eigenvalue weighted by Gasteiger charge is -2.16. The van der Waals surface area contributed by atoms with E-state index in [1.807, 2.05) is 30.3 Å². The fraction of sp³-hybridized carbons (Fsp3) is 0.167. The number of aromatic nitrogens is 1. The van der Waals surface area contributed by atoms with Crippen molar-refractivity contribution >= 4 is 44.1 Å². The molecule has 4 rings (SSSR count). The molecular weight excluding hydrogens is 474 g/mol. The van der Waals surface area contributed by atoms with Crippen molar-refractivity contribution in [3.8, 4) is 0 Å². The van der Waals surface area contributed by atoms with Gasteiger partial charge in [0.1, 0.15) is 10.3 Å². The van der Waals surface area contributed by atoms with E-state index in [-0.39, 0.29) is 23.1 Å². The highest BCUT2D eigenvalue weighted by Gasteiger charge is 2.28. The zero-order chi connectivity index (χ0) is 24.1. The second kappa shape index (κ2) is 10.2. The number of carbonyl (C=O) groups is 2. The monoisotopic (exact) mass is 497 g/mol. The van der Waals surface area contributed by atoms with Gasteiger partial charge in [-0.2, -0.15) is 4.72 Å². The number of nitrogens with one attached hydrogen (secondary N) is 3. The van der Waals surface area contributed by atoms with E-state index in [1.165, 1.54) is 13.2 Å². The van der Waals surface area contributed by atoms with Crippen LogP contribution in [-0.2, 0) is 32.5 Å². The average Bonchev–Trinajstić information content (AvgIpc) is 3.50. The predicted molar refractivity (Wildman–Crippen MR) is 130 cm³/mol. The largest absolute Gasteiger partial charge is 0.468 e. The number of rotatable bonds is 9. The van der Waals surface area contributed by atoms with Crippen molar-refractivity contribution in [3.63, 3.8) is 0 Å². The minimum atomic E-state index is -4.00. The van der Waals surface area contributed by atoms with Crippen molar-refractivity contribution in [1.82, 2.24) is 15.0 Å². The average molecular weight is 498 g/mol. The third kappa shape index (κ3) is 5.36. The van der Waals surface area contributed by atoms with Crippen LogP contribution in [0.2, 0.25) is 0 Å². The van der Waals surface area contributed by atoms with Gasteiger partial charge in [-0.3, -0.25) is 9.59 Å². The van der Waals surface area contributed by atoms with Gasteiger partial charge in [-0.25, -0.2) is 8.42 Å². The SMILES string of the molecule is COC(=O)C(Cc1c[nH]c2ccccc12)NS(=O)(=O)c1ccc(CNC(=O)c2ccccc2)s1. The lowest BCUT2D eigenvalue weighted by molar-refractivity contribution is -0.142. The predicted octanol–water partition coefficient (Wildman–Crippen LogP) is 3.22. The van der Waals surface area contributed by atoms with Gasteiger partial charge in [-0.05, 0) is 35.9 Å². The smallest absolute Gasteiger partial charge is 0.324 e. The van der Waals surface area contributed by atoms with Crippen molar-refractivity contribution in [1.29, 1.82) is 0 Å². The summed E-state index contributed by atoms with van der Waals surface area (Å²) < 4.78 is 33.4. The van der Waals surface area contributed by atoms with Crippen LogP contribution in [0.15, 0.2) is 77.1 Å². The highest BCUT2D eigenvalue weighted by Crippen LogP contribution is 2.24.